The Kier molecular flexibility index (Phi) is 5.83. The lowest BCUT2D eigenvalue weighted by Gasteiger charge is -2.18. The zero-order valence-corrected chi connectivity index (χ0v) is 11.2. The number of hydrogen-bond donors (Lipinski definition) is 2. The summed E-state index contributed by atoms with van der Waals surface area (Å²) in [5, 5.41) is 11.3. The summed E-state index contributed by atoms with van der Waals surface area (Å²) in [5.74, 6) is 0.412. The van der Waals surface area contributed by atoms with Gasteiger partial charge < -0.3 is 15.8 Å². The first-order valence-electron chi connectivity index (χ1n) is 6.19. The predicted octanol–water partition coefficient (Wildman–Crippen LogP) is 1.76. The first-order chi connectivity index (χ1) is 9.08. The van der Waals surface area contributed by atoms with Crippen molar-refractivity contribution in [3.8, 4) is 11.8 Å². The molecule has 1 amide bonds. The van der Waals surface area contributed by atoms with Crippen molar-refractivity contribution in [3.05, 3.63) is 24.3 Å². The zero-order chi connectivity index (χ0) is 14.3. The molecule has 3 N–H and O–H groups in total. The molecule has 0 aliphatic heterocycles. The molecular weight excluding hydrogens is 242 g/mol. The highest BCUT2D eigenvalue weighted by Gasteiger charge is 2.20. The lowest BCUT2D eigenvalue weighted by atomic mass is 9.95. The fourth-order valence-electron chi connectivity index (χ4n) is 1.70. The maximum Gasteiger partial charge on any atom is 0.229 e. The van der Waals surface area contributed by atoms with E-state index in [4.69, 9.17) is 15.7 Å². The molecule has 102 valence electrons. The van der Waals surface area contributed by atoms with Crippen molar-refractivity contribution in [3.63, 3.8) is 0 Å². The highest BCUT2D eigenvalue weighted by Crippen LogP contribution is 2.19. The van der Waals surface area contributed by atoms with Crippen LogP contribution >= 0.6 is 0 Å². The first-order valence-corrected chi connectivity index (χ1v) is 6.19. The van der Waals surface area contributed by atoms with Gasteiger partial charge in [-0.05, 0) is 18.1 Å². The minimum atomic E-state index is -0.219. The third-order valence-corrected chi connectivity index (χ3v) is 2.80. The van der Waals surface area contributed by atoms with Gasteiger partial charge in [-0.1, -0.05) is 19.9 Å². The molecule has 1 atom stereocenters. The Balaban J connectivity index is 2.71. The fraction of sp³-hybridized carbons (Fsp3) is 0.429. The number of nitriles is 1. The van der Waals surface area contributed by atoms with E-state index >= 15 is 0 Å². The third-order valence-electron chi connectivity index (χ3n) is 2.80. The van der Waals surface area contributed by atoms with Gasteiger partial charge in [0.05, 0.1) is 5.92 Å². The van der Waals surface area contributed by atoms with Gasteiger partial charge in [0.25, 0.3) is 0 Å². The summed E-state index contributed by atoms with van der Waals surface area (Å²) in [5.41, 5.74) is 6.24. The van der Waals surface area contributed by atoms with Crippen LogP contribution in [0.5, 0.6) is 5.75 Å². The number of hydrogen-bond acceptors (Lipinski definition) is 4. The number of ether oxygens (including phenoxy) is 1. The molecule has 0 saturated carbocycles. The van der Waals surface area contributed by atoms with Crippen LogP contribution in [0.3, 0.4) is 0 Å². The summed E-state index contributed by atoms with van der Waals surface area (Å²) in [4.78, 5) is 12.0. The Morgan fingerprint density at radius 1 is 1.53 bits per heavy atom. The monoisotopic (exact) mass is 261 g/mol. The minimum absolute atomic E-state index is 0.0190. The number of nitrogens with two attached hydrogens (primary N) is 1. The van der Waals surface area contributed by atoms with E-state index in [1.165, 1.54) is 0 Å². The number of benzene rings is 1. The van der Waals surface area contributed by atoms with Crippen molar-refractivity contribution in [2.75, 3.05) is 18.5 Å². The molecule has 0 radical (unpaired) electrons. The van der Waals surface area contributed by atoms with E-state index in [2.05, 4.69) is 5.32 Å². The van der Waals surface area contributed by atoms with E-state index in [0.717, 1.165) is 0 Å². The second-order valence-electron chi connectivity index (χ2n) is 4.55. The second kappa shape index (κ2) is 7.39. The molecule has 0 spiro atoms. The third kappa shape index (κ3) is 4.60. The van der Waals surface area contributed by atoms with Crippen molar-refractivity contribution >= 4 is 11.6 Å². The van der Waals surface area contributed by atoms with Crippen LogP contribution in [0.2, 0.25) is 0 Å². The van der Waals surface area contributed by atoms with Gasteiger partial charge in [-0.25, -0.2) is 0 Å². The Morgan fingerprint density at radius 2 is 2.26 bits per heavy atom. The van der Waals surface area contributed by atoms with Crippen LogP contribution in [-0.4, -0.2) is 19.1 Å². The van der Waals surface area contributed by atoms with Gasteiger partial charge in [-0.2, -0.15) is 5.26 Å². The van der Waals surface area contributed by atoms with Crippen LogP contribution < -0.4 is 15.8 Å². The topological polar surface area (TPSA) is 88.1 Å². The minimum Gasteiger partial charge on any atom is -0.479 e. The van der Waals surface area contributed by atoms with Crippen molar-refractivity contribution < 1.29 is 9.53 Å². The van der Waals surface area contributed by atoms with Crippen molar-refractivity contribution in [2.45, 2.75) is 13.8 Å². The van der Waals surface area contributed by atoms with Gasteiger partial charge in [-0.3, -0.25) is 4.79 Å². The van der Waals surface area contributed by atoms with Crippen LogP contribution in [0.15, 0.2) is 24.3 Å². The van der Waals surface area contributed by atoms with E-state index in [1.54, 1.807) is 24.3 Å². The number of anilines is 1. The molecule has 0 aliphatic rings. The smallest absolute Gasteiger partial charge is 0.229 e. The molecule has 0 fully saturated rings. The van der Waals surface area contributed by atoms with Gasteiger partial charge in [0.15, 0.2) is 6.61 Å². The van der Waals surface area contributed by atoms with Crippen LogP contribution in [0.4, 0.5) is 5.69 Å². The molecule has 0 bridgehead atoms. The molecule has 0 saturated heterocycles. The largest absolute Gasteiger partial charge is 0.479 e. The molecule has 5 heteroatoms. The average molecular weight is 261 g/mol. The van der Waals surface area contributed by atoms with Gasteiger partial charge >= 0.3 is 0 Å². The lowest BCUT2D eigenvalue weighted by Crippen LogP contribution is -2.33. The number of nitrogens with one attached hydrogen (secondary N) is 1. The fourth-order valence-corrected chi connectivity index (χ4v) is 1.70. The molecule has 5 nitrogen and oxygen atoms in total. The van der Waals surface area contributed by atoms with E-state index in [9.17, 15) is 4.79 Å². The highest BCUT2D eigenvalue weighted by atomic mass is 16.5. The molecule has 1 aromatic rings. The highest BCUT2D eigenvalue weighted by molar-refractivity contribution is 5.93. The summed E-state index contributed by atoms with van der Waals surface area (Å²) < 4.78 is 5.17. The Bertz CT molecular complexity index is 466. The zero-order valence-electron chi connectivity index (χ0n) is 11.2. The van der Waals surface area contributed by atoms with E-state index < -0.39 is 0 Å². The normalized spacial score (nSPS) is 11.7. The Hall–Kier alpha value is -2.06. The van der Waals surface area contributed by atoms with E-state index in [0.29, 0.717) is 18.0 Å². The predicted molar refractivity (Wildman–Crippen MR) is 73.6 cm³/mol. The summed E-state index contributed by atoms with van der Waals surface area (Å²) in [7, 11) is 0. The number of carbonyl (C=O) groups is 1. The summed E-state index contributed by atoms with van der Waals surface area (Å²) in [6.45, 7) is 4.22. The summed E-state index contributed by atoms with van der Waals surface area (Å²) in [6.07, 6.45) is 0. The van der Waals surface area contributed by atoms with Crippen molar-refractivity contribution in [1.82, 2.24) is 0 Å². The standard InChI is InChI=1S/C14H19N3O2/c1-10(2)13(9-16)14(18)17-11-4-3-5-12(8-11)19-7-6-15/h3-5,8,10,13H,7,9,16H2,1-2H3,(H,17,18). The van der Waals surface area contributed by atoms with Gasteiger partial charge in [-0.15, -0.1) is 0 Å². The molecular formula is C14H19N3O2. The molecule has 0 aromatic heterocycles. The maximum atomic E-state index is 12.0. The Labute approximate surface area is 113 Å². The average Bonchev–Trinajstić information content (AvgIpc) is 2.37. The molecule has 1 rings (SSSR count). The van der Waals surface area contributed by atoms with Crippen LogP contribution in [-0.2, 0) is 4.79 Å². The molecule has 1 aromatic carbocycles. The SMILES string of the molecule is CC(C)C(CN)C(=O)Nc1cccc(OCC#N)c1. The summed E-state index contributed by atoms with van der Waals surface area (Å²) in [6, 6.07) is 8.84. The molecule has 19 heavy (non-hydrogen) atoms. The Morgan fingerprint density at radius 3 is 2.84 bits per heavy atom. The first kappa shape index (κ1) is 15.0. The van der Waals surface area contributed by atoms with Gasteiger partial charge in [0.2, 0.25) is 5.91 Å². The van der Waals surface area contributed by atoms with Crippen molar-refractivity contribution in [2.24, 2.45) is 17.6 Å². The molecule has 1 unspecified atom stereocenters. The lowest BCUT2D eigenvalue weighted by molar-refractivity contribution is -0.120. The molecule has 0 aliphatic carbocycles. The molecule has 0 heterocycles. The second-order valence-corrected chi connectivity index (χ2v) is 4.55. The van der Waals surface area contributed by atoms with Crippen molar-refractivity contribution in [1.29, 1.82) is 5.26 Å². The maximum absolute atomic E-state index is 12.0. The number of carbonyl (C=O) groups excluding carboxylic acids is 1. The summed E-state index contributed by atoms with van der Waals surface area (Å²) >= 11 is 0. The van der Waals surface area contributed by atoms with Crippen LogP contribution in [0.25, 0.3) is 0 Å². The quantitative estimate of drug-likeness (QED) is 0.816. The van der Waals surface area contributed by atoms with E-state index in [1.807, 2.05) is 19.9 Å². The van der Waals surface area contributed by atoms with Gasteiger partial charge in [0.1, 0.15) is 11.8 Å². The van der Waals surface area contributed by atoms with Gasteiger partial charge in [0, 0.05) is 18.3 Å². The number of rotatable bonds is 6. The van der Waals surface area contributed by atoms with E-state index in [-0.39, 0.29) is 24.3 Å². The van der Waals surface area contributed by atoms with Crippen LogP contribution in [0, 0.1) is 23.2 Å². The van der Waals surface area contributed by atoms with Crippen LogP contribution in [0.1, 0.15) is 13.8 Å². The number of nitrogens with zero attached hydrogens (tertiary/aromatic N) is 1. The number of amides is 1.